The molecule has 0 radical (unpaired) electrons. The highest BCUT2D eigenvalue weighted by Crippen LogP contribution is 2.30. The van der Waals surface area contributed by atoms with Crippen molar-refractivity contribution < 1.29 is 4.79 Å². The molecule has 0 aromatic carbocycles. The molecule has 1 amide bonds. The summed E-state index contributed by atoms with van der Waals surface area (Å²) in [5, 5.41) is 3.56. The number of aromatic nitrogens is 1. The molecule has 3 rings (SSSR count). The number of hydrogen-bond donors (Lipinski definition) is 1. The van der Waals surface area contributed by atoms with Crippen molar-refractivity contribution in [2.45, 2.75) is 58.0 Å². The monoisotopic (exact) mass is 289 g/mol. The zero-order valence-corrected chi connectivity index (χ0v) is 13.1. The molecule has 1 saturated heterocycles. The Bertz CT molecular complexity index is 488. The van der Waals surface area contributed by atoms with Crippen molar-refractivity contribution in [1.29, 1.82) is 0 Å². The molecule has 1 aromatic heterocycles. The number of piperidine rings is 1. The fraction of sp³-hybridized carbons (Fsp3) is 0.706. The highest BCUT2D eigenvalue weighted by Gasteiger charge is 2.22. The number of likely N-dealkylation sites (tertiary alicyclic amines) is 1. The molecule has 1 fully saturated rings. The summed E-state index contributed by atoms with van der Waals surface area (Å²) in [5.41, 5.74) is 2.84. The van der Waals surface area contributed by atoms with Gasteiger partial charge in [0.1, 0.15) is 6.54 Å². The van der Waals surface area contributed by atoms with Gasteiger partial charge in [0, 0.05) is 31.5 Å². The van der Waals surface area contributed by atoms with E-state index in [2.05, 4.69) is 29.2 Å². The number of carbonyl (C=O) groups is 1. The number of hydrogen-bond acceptors (Lipinski definition) is 2. The summed E-state index contributed by atoms with van der Waals surface area (Å²) >= 11 is 0. The number of nitrogens with one attached hydrogen (secondary N) is 1. The number of carbonyl (C=O) groups excluding carboxylic acids is 1. The van der Waals surface area contributed by atoms with Gasteiger partial charge < -0.3 is 14.8 Å². The third kappa shape index (κ3) is 3.31. The first-order chi connectivity index (χ1) is 10.3. The lowest BCUT2D eigenvalue weighted by atomic mass is 9.91. The van der Waals surface area contributed by atoms with Gasteiger partial charge in [0.05, 0.1) is 0 Å². The van der Waals surface area contributed by atoms with Gasteiger partial charge in [-0.05, 0) is 56.2 Å². The Balaban J connectivity index is 1.67. The predicted octanol–water partition coefficient (Wildman–Crippen LogP) is 2.49. The normalized spacial score (nSPS) is 22.1. The number of nitrogens with zero attached hydrogens (tertiary/aromatic N) is 2. The van der Waals surface area contributed by atoms with Gasteiger partial charge in [-0.1, -0.05) is 6.92 Å². The summed E-state index contributed by atoms with van der Waals surface area (Å²) in [6, 6.07) is 0.477. The Kier molecular flexibility index (Phi) is 4.63. The van der Waals surface area contributed by atoms with E-state index < -0.39 is 0 Å². The van der Waals surface area contributed by atoms with Crippen molar-refractivity contribution >= 4 is 5.91 Å². The van der Waals surface area contributed by atoms with Gasteiger partial charge in [0.25, 0.3) is 0 Å². The number of rotatable bonds is 4. The lowest BCUT2D eigenvalue weighted by molar-refractivity contribution is -0.132. The number of fused-ring (bicyclic) bond motifs is 1. The van der Waals surface area contributed by atoms with Crippen LogP contribution in [0.15, 0.2) is 12.4 Å². The second-order valence-corrected chi connectivity index (χ2v) is 6.36. The first-order valence-corrected chi connectivity index (χ1v) is 8.47. The summed E-state index contributed by atoms with van der Waals surface area (Å²) < 4.78 is 2.11. The van der Waals surface area contributed by atoms with Gasteiger partial charge >= 0.3 is 0 Å². The van der Waals surface area contributed by atoms with Crippen LogP contribution in [0.2, 0.25) is 0 Å². The van der Waals surface area contributed by atoms with E-state index in [0.717, 1.165) is 38.9 Å². The fourth-order valence-corrected chi connectivity index (χ4v) is 3.70. The average molecular weight is 289 g/mol. The zero-order chi connectivity index (χ0) is 14.7. The Morgan fingerprint density at radius 3 is 2.81 bits per heavy atom. The maximum Gasteiger partial charge on any atom is 0.242 e. The molecule has 116 valence electrons. The second kappa shape index (κ2) is 6.65. The van der Waals surface area contributed by atoms with E-state index in [4.69, 9.17) is 0 Å². The minimum Gasteiger partial charge on any atom is -0.344 e. The van der Waals surface area contributed by atoms with Gasteiger partial charge in [-0.15, -0.1) is 0 Å². The average Bonchev–Trinajstić information content (AvgIpc) is 2.92. The first kappa shape index (κ1) is 14.6. The van der Waals surface area contributed by atoms with E-state index in [0.29, 0.717) is 12.6 Å². The van der Waals surface area contributed by atoms with Crippen LogP contribution in [0.3, 0.4) is 0 Å². The molecule has 1 aliphatic carbocycles. The van der Waals surface area contributed by atoms with Crippen LogP contribution in [-0.4, -0.2) is 35.0 Å². The van der Waals surface area contributed by atoms with Crippen molar-refractivity contribution in [3.05, 3.63) is 23.5 Å². The van der Waals surface area contributed by atoms with Crippen LogP contribution in [0.1, 0.15) is 56.2 Å². The molecule has 2 aliphatic rings. The summed E-state index contributed by atoms with van der Waals surface area (Å²) in [6.07, 6.45) is 11.6. The minimum atomic E-state index is 0.280. The topological polar surface area (TPSA) is 37.3 Å². The highest BCUT2D eigenvalue weighted by atomic mass is 16.2. The minimum absolute atomic E-state index is 0.280. The van der Waals surface area contributed by atoms with Gasteiger partial charge in [0.2, 0.25) is 5.91 Å². The quantitative estimate of drug-likeness (QED) is 0.924. The maximum absolute atomic E-state index is 12.4. The SMILES string of the molecule is CCNC1CCCc2cn(CC(=O)N3CCCCC3)cc21. The number of aryl methyl sites for hydroxylation is 1. The standard InChI is InChI=1S/C17H27N3O/c1-2-18-16-8-6-7-14-11-19(12-15(14)16)13-17(21)20-9-4-3-5-10-20/h11-12,16,18H,2-10,13H2,1H3. The molecule has 0 spiro atoms. The van der Waals surface area contributed by atoms with Crippen LogP contribution in [-0.2, 0) is 17.8 Å². The molecular weight excluding hydrogens is 262 g/mol. The Labute approximate surface area is 127 Å². The Hall–Kier alpha value is -1.29. The molecule has 1 aliphatic heterocycles. The summed E-state index contributed by atoms with van der Waals surface area (Å²) in [5.74, 6) is 0.280. The predicted molar refractivity (Wildman–Crippen MR) is 84.2 cm³/mol. The third-order valence-corrected chi connectivity index (χ3v) is 4.79. The molecule has 1 atom stereocenters. The van der Waals surface area contributed by atoms with Gasteiger partial charge in [-0.3, -0.25) is 4.79 Å². The maximum atomic E-state index is 12.4. The smallest absolute Gasteiger partial charge is 0.242 e. The summed E-state index contributed by atoms with van der Waals surface area (Å²) in [7, 11) is 0. The highest BCUT2D eigenvalue weighted by molar-refractivity contribution is 5.76. The van der Waals surface area contributed by atoms with E-state index in [1.54, 1.807) is 0 Å². The van der Waals surface area contributed by atoms with Crippen molar-refractivity contribution in [2.24, 2.45) is 0 Å². The van der Waals surface area contributed by atoms with Crippen LogP contribution in [0, 0.1) is 0 Å². The van der Waals surface area contributed by atoms with E-state index >= 15 is 0 Å². The molecule has 2 heterocycles. The van der Waals surface area contributed by atoms with Crippen molar-refractivity contribution in [2.75, 3.05) is 19.6 Å². The van der Waals surface area contributed by atoms with Gasteiger partial charge in [-0.2, -0.15) is 0 Å². The molecular formula is C17H27N3O. The molecule has 0 bridgehead atoms. The van der Waals surface area contributed by atoms with Crippen LogP contribution < -0.4 is 5.32 Å². The number of amides is 1. The fourth-order valence-electron chi connectivity index (χ4n) is 3.70. The lowest BCUT2D eigenvalue weighted by Crippen LogP contribution is -2.37. The van der Waals surface area contributed by atoms with Crippen LogP contribution in [0.25, 0.3) is 0 Å². The van der Waals surface area contributed by atoms with Crippen molar-refractivity contribution in [1.82, 2.24) is 14.8 Å². The van der Waals surface area contributed by atoms with Crippen molar-refractivity contribution in [3.63, 3.8) is 0 Å². The summed E-state index contributed by atoms with van der Waals surface area (Å²) in [6.45, 7) is 5.55. The Morgan fingerprint density at radius 1 is 1.24 bits per heavy atom. The molecule has 1 unspecified atom stereocenters. The van der Waals surface area contributed by atoms with E-state index in [1.807, 2.05) is 4.90 Å². The molecule has 4 nitrogen and oxygen atoms in total. The zero-order valence-electron chi connectivity index (χ0n) is 13.1. The van der Waals surface area contributed by atoms with E-state index in [-0.39, 0.29) is 5.91 Å². The summed E-state index contributed by atoms with van der Waals surface area (Å²) in [4.78, 5) is 14.4. The first-order valence-electron chi connectivity index (χ1n) is 8.47. The molecule has 21 heavy (non-hydrogen) atoms. The second-order valence-electron chi connectivity index (χ2n) is 6.36. The van der Waals surface area contributed by atoms with Crippen LogP contribution in [0.5, 0.6) is 0 Å². The third-order valence-electron chi connectivity index (χ3n) is 4.79. The van der Waals surface area contributed by atoms with Crippen molar-refractivity contribution in [3.8, 4) is 0 Å². The molecule has 1 N–H and O–H groups in total. The van der Waals surface area contributed by atoms with Gasteiger partial charge in [-0.25, -0.2) is 0 Å². The largest absolute Gasteiger partial charge is 0.344 e. The van der Waals surface area contributed by atoms with Gasteiger partial charge in [0.15, 0.2) is 0 Å². The lowest BCUT2D eigenvalue weighted by Gasteiger charge is -2.26. The molecule has 4 heteroatoms. The van der Waals surface area contributed by atoms with E-state index in [1.165, 1.54) is 30.4 Å². The molecule has 0 saturated carbocycles. The van der Waals surface area contributed by atoms with Crippen LogP contribution >= 0.6 is 0 Å². The van der Waals surface area contributed by atoms with Crippen LogP contribution in [0.4, 0.5) is 0 Å². The molecule has 1 aromatic rings. The van der Waals surface area contributed by atoms with E-state index in [9.17, 15) is 4.79 Å². The Morgan fingerprint density at radius 2 is 2.05 bits per heavy atom.